The van der Waals surface area contributed by atoms with Crippen molar-refractivity contribution in [3.05, 3.63) is 78.1 Å². The highest BCUT2D eigenvalue weighted by Crippen LogP contribution is 2.32. The number of piperidine rings is 1. The van der Waals surface area contributed by atoms with E-state index in [1.807, 2.05) is 42.1 Å². The van der Waals surface area contributed by atoms with E-state index >= 15 is 0 Å². The molecule has 0 radical (unpaired) electrons. The summed E-state index contributed by atoms with van der Waals surface area (Å²) >= 11 is 0. The molecule has 0 bridgehead atoms. The van der Waals surface area contributed by atoms with Gasteiger partial charge in [0.1, 0.15) is 23.1 Å². The summed E-state index contributed by atoms with van der Waals surface area (Å²) in [6.45, 7) is 2.20. The van der Waals surface area contributed by atoms with Gasteiger partial charge in [-0.3, -0.25) is 19.7 Å². The predicted molar refractivity (Wildman–Crippen MR) is 140 cm³/mol. The van der Waals surface area contributed by atoms with Crippen molar-refractivity contribution in [3.63, 3.8) is 0 Å². The number of aromatic amines is 1. The highest BCUT2D eigenvalue weighted by Gasteiger charge is 2.27. The monoisotopic (exact) mass is 497 g/mol. The van der Waals surface area contributed by atoms with E-state index in [-0.39, 0.29) is 11.7 Å². The number of fused-ring (bicyclic) bond motifs is 1. The maximum absolute atomic E-state index is 14.5. The van der Waals surface area contributed by atoms with Crippen LogP contribution in [0.4, 0.5) is 4.39 Å². The predicted octanol–water partition coefficient (Wildman–Crippen LogP) is 4.95. The average Bonchev–Trinajstić information content (AvgIpc) is 3.53. The van der Waals surface area contributed by atoms with Gasteiger partial charge in [-0.1, -0.05) is 6.07 Å². The molecule has 4 heterocycles. The van der Waals surface area contributed by atoms with E-state index in [4.69, 9.17) is 14.8 Å². The van der Waals surface area contributed by atoms with E-state index in [9.17, 15) is 4.39 Å². The summed E-state index contributed by atoms with van der Waals surface area (Å²) in [5.41, 5.74) is 4.37. The minimum absolute atomic E-state index is 0.211. The third-order valence-corrected chi connectivity index (χ3v) is 7.12. The van der Waals surface area contributed by atoms with Gasteiger partial charge >= 0.3 is 0 Å². The molecule has 9 heteroatoms. The van der Waals surface area contributed by atoms with Gasteiger partial charge in [0.15, 0.2) is 5.82 Å². The molecule has 1 aliphatic rings. The maximum atomic E-state index is 14.5. The maximum Gasteiger partial charge on any atom is 0.181 e. The number of pyridine rings is 1. The van der Waals surface area contributed by atoms with Gasteiger partial charge < -0.3 is 4.74 Å². The molecular formula is C28H28FN7O. The number of benzene rings is 2. The SMILES string of the molecule is COc1cccc(F)c1CN1CCCC(c2nc(-c3ccc4[nH]nc(-c5ccncc5)c4c3)nn2C)C1. The molecule has 2 aromatic carbocycles. The Balaban J connectivity index is 1.26. The molecule has 1 N–H and O–H groups in total. The number of H-pyrrole nitrogens is 1. The lowest BCUT2D eigenvalue weighted by Gasteiger charge is -2.32. The molecular weight excluding hydrogens is 469 g/mol. The van der Waals surface area contributed by atoms with E-state index in [1.54, 1.807) is 25.6 Å². The molecule has 6 rings (SSSR count). The third kappa shape index (κ3) is 4.46. The minimum Gasteiger partial charge on any atom is -0.496 e. The van der Waals surface area contributed by atoms with Crippen LogP contribution in [0.25, 0.3) is 33.5 Å². The molecule has 5 aromatic rings. The number of ether oxygens (including phenoxy) is 1. The topological polar surface area (TPSA) is 84.8 Å². The molecule has 37 heavy (non-hydrogen) atoms. The summed E-state index contributed by atoms with van der Waals surface area (Å²) in [7, 11) is 3.53. The molecule has 0 spiro atoms. The normalized spacial score (nSPS) is 16.4. The fourth-order valence-electron chi connectivity index (χ4n) is 5.27. The van der Waals surface area contributed by atoms with Crippen molar-refractivity contribution in [2.45, 2.75) is 25.3 Å². The smallest absolute Gasteiger partial charge is 0.181 e. The molecule has 0 saturated carbocycles. The van der Waals surface area contributed by atoms with E-state index in [1.165, 1.54) is 6.07 Å². The number of nitrogens with one attached hydrogen (secondary N) is 1. The van der Waals surface area contributed by atoms with E-state index in [0.717, 1.165) is 59.5 Å². The van der Waals surface area contributed by atoms with Crippen LogP contribution in [0.15, 0.2) is 60.9 Å². The Morgan fingerprint density at radius 2 is 1.97 bits per heavy atom. The highest BCUT2D eigenvalue weighted by atomic mass is 19.1. The molecule has 8 nitrogen and oxygen atoms in total. The largest absolute Gasteiger partial charge is 0.496 e. The van der Waals surface area contributed by atoms with Crippen molar-refractivity contribution in [2.24, 2.45) is 7.05 Å². The second kappa shape index (κ2) is 9.74. The van der Waals surface area contributed by atoms with Crippen LogP contribution in [0.3, 0.4) is 0 Å². The van der Waals surface area contributed by atoms with Crippen LogP contribution in [0.5, 0.6) is 5.75 Å². The van der Waals surface area contributed by atoms with Crippen molar-refractivity contribution >= 4 is 10.9 Å². The highest BCUT2D eigenvalue weighted by molar-refractivity contribution is 5.95. The van der Waals surface area contributed by atoms with Gasteiger partial charge in [-0.2, -0.15) is 10.2 Å². The Kier molecular flexibility index (Phi) is 6.13. The molecule has 188 valence electrons. The van der Waals surface area contributed by atoms with Gasteiger partial charge in [0.2, 0.25) is 0 Å². The van der Waals surface area contributed by atoms with E-state index in [2.05, 4.69) is 26.1 Å². The number of methoxy groups -OCH3 is 1. The number of aryl methyl sites for hydroxylation is 1. The molecule has 3 aromatic heterocycles. The van der Waals surface area contributed by atoms with Crippen molar-refractivity contribution < 1.29 is 9.13 Å². The number of hydrogen-bond acceptors (Lipinski definition) is 6. The quantitative estimate of drug-likeness (QED) is 0.357. The van der Waals surface area contributed by atoms with E-state index in [0.29, 0.717) is 23.7 Å². The fraction of sp³-hybridized carbons (Fsp3) is 0.286. The molecule has 0 amide bonds. The summed E-state index contributed by atoms with van der Waals surface area (Å²) in [6.07, 6.45) is 5.56. The van der Waals surface area contributed by atoms with Gasteiger partial charge in [-0.25, -0.2) is 9.37 Å². The van der Waals surface area contributed by atoms with Gasteiger partial charge in [0, 0.05) is 60.5 Å². The van der Waals surface area contributed by atoms with Crippen molar-refractivity contribution in [1.29, 1.82) is 0 Å². The van der Waals surface area contributed by atoms with Crippen LogP contribution in [0.1, 0.15) is 30.1 Å². The molecule has 1 aliphatic heterocycles. The van der Waals surface area contributed by atoms with Crippen LogP contribution in [-0.4, -0.2) is 55.0 Å². The number of hydrogen-bond donors (Lipinski definition) is 1. The lowest BCUT2D eigenvalue weighted by molar-refractivity contribution is 0.190. The van der Waals surface area contributed by atoms with Crippen LogP contribution < -0.4 is 4.74 Å². The first kappa shape index (κ1) is 23.3. The molecule has 1 atom stereocenters. The molecule has 1 saturated heterocycles. The Bertz CT molecular complexity index is 1550. The van der Waals surface area contributed by atoms with Gasteiger partial charge in [-0.05, 0) is 61.9 Å². The van der Waals surface area contributed by atoms with Gasteiger partial charge in [-0.15, -0.1) is 0 Å². The molecule has 1 fully saturated rings. The second-order valence-corrected chi connectivity index (χ2v) is 9.48. The summed E-state index contributed by atoms with van der Waals surface area (Å²) in [4.78, 5) is 11.4. The van der Waals surface area contributed by atoms with Crippen LogP contribution in [0, 0.1) is 5.82 Å². The minimum atomic E-state index is -0.233. The van der Waals surface area contributed by atoms with Crippen molar-refractivity contribution in [2.75, 3.05) is 20.2 Å². The first-order valence-corrected chi connectivity index (χ1v) is 12.4. The Morgan fingerprint density at radius 1 is 1.11 bits per heavy atom. The number of nitrogens with zero attached hydrogens (tertiary/aromatic N) is 6. The first-order chi connectivity index (χ1) is 18.1. The zero-order valence-electron chi connectivity index (χ0n) is 20.9. The number of aromatic nitrogens is 6. The Labute approximate surface area is 214 Å². The lowest BCUT2D eigenvalue weighted by atomic mass is 9.96. The first-order valence-electron chi connectivity index (χ1n) is 12.4. The van der Waals surface area contributed by atoms with Gasteiger partial charge in [0.05, 0.1) is 12.6 Å². The van der Waals surface area contributed by atoms with Crippen LogP contribution >= 0.6 is 0 Å². The zero-order valence-corrected chi connectivity index (χ0v) is 20.9. The third-order valence-electron chi connectivity index (χ3n) is 7.12. The standard InChI is InChI=1S/C28H28FN7O/c1-35-28(20-5-4-14-36(16-20)17-22-23(29)6-3-7-25(22)37-2)31-27(34-35)19-8-9-24-21(15-19)26(33-32-24)18-10-12-30-13-11-18/h3,6-13,15,20H,4-5,14,16-17H2,1-2H3,(H,32,33). The average molecular weight is 498 g/mol. The number of rotatable bonds is 6. The second-order valence-electron chi connectivity index (χ2n) is 9.48. The Hall–Kier alpha value is -4.11. The van der Waals surface area contributed by atoms with Gasteiger partial charge in [0.25, 0.3) is 0 Å². The van der Waals surface area contributed by atoms with Crippen LogP contribution in [0.2, 0.25) is 0 Å². The number of halogens is 1. The number of likely N-dealkylation sites (tertiary alicyclic amines) is 1. The summed E-state index contributed by atoms with van der Waals surface area (Å²) in [5, 5.41) is 13.4. The summed E-state index contributed by atoms with van der Waals surface area (Å²) < 4.78 is 21.8. The molecule has 0 aliphatic carbocycles. The van der Waals surface area contributed by atoms with E-state index < -0.39 is 0 Å². The molecule has 1 unspecified atom stereocenters. The van der Waals surface area contributed by atoms with Crippen molar-refractivity contribution in [3.8, 4) is 28.4 Å². The summed E-state index contributed by atoms with van der Waals surface area (Å²) in [6, 6.07) is 15.0. The Morgan fingerprint density at radius 3 is 2.81 bits per heavy atom. The van der Waals surface area contributed by atoms with Crippen molar-refractivity contribution in [1.82, 2.24) is 34.8 Å². The summed E-state index contributed by atoms with van der Waals surface area (Å²) in [5.74, 6) is 2.20. The van der Waals surface area contributed by atoms with Crippen LogP contribution in [-0.2, 0) is 13.6 Å². The fourth-order valence-corrected chi connectivity index (χ4v) is 5.27. The lowest BCUT2D eigenvalue weighted by Crippen LogP contribution is -2.35. The zero-order chi connectivity index (χ0) is 25.4.